The molecule has 0 aliphatic heterocycles. The van der Waals surface area contributed by atoms with E-state index in [0.29, 0.717) is 5.57 Å². The predicted molar refractivity (Wildman–Crippen MR) is 121 cm³/mol. The number of benzene rings is 4. The number of carboxylic acid groups (broad SMARTS) is 1. The normalized spacial score (nSPS) is 11.8. The highest BCUT2D eigenvalue weighted by molar-refractivity contribution is 5.98. The minimum absolute atomic E-state index is 0.303. The maximum Gasteiger partial charge on any atom is 0.333 e. The van der Waals surface area contributed by atoms with Crippen molar-refractivity contribution in [1.82, 2.24) is 0 Å². The summed E-state index contributed by atoms with van der Waals surface area (Å²) in [5.41, 5.74) is 2.91. The predicted octanol–water partition coefficient (Wildman–Crippen LogP) is 6.19. The molecule has 1 N–H and O–H groups in total. The lowest BCUT2D eigenvalue weighted by atomic mass is 9.64. The molecule has 0 amide bonds. The molecule has 0 aliphatic carbocycles. The van der Waals surface area contributed by atoms with Crippen molar-refractivity contribution in [3.05, 3.63) is 149 Å². The van der Waals surface area contributed by atoms with Gasteiger partial charge in [0, 0.05) is 0 Å². The second kappa shape index (κ2) is 8.62. The van der Waals surface area contributed by atoms with Crippen LogP contribution in [0.5, 0.6) is 0 Å². The van der Waals surface area contributed by atoms with Crippen LogP contribution in [0.2, 0.25) is 0 Å². The summed E-state index contributed by atoms with van der Waals surface area (Å²) < 4.78 is 0. The first-order chi connectivity index (χ1) is 14.7. The van der Waals surface area contributed by atoms with Crippen molar-refractivity contribution in [1.29, 1.82) is 0 Å². The summed E-state index contributed by atoms with van der Waals surface area (Å²) >= 11 is 0. The van der Waals surface area contributed by atoms with Gasteiger partial charge in [-0.05, 0) is 28.3 Å². The molecule has 30 heavy (non-hydrogen) atoms. The first kappa shape index (κ1) is 19.4. The lowest BCUT2D eigenvalue weighted by molar-refractivity contribution is -0.133. The monoisotopic (exact) mass is 390 g/mol. The molecule has 0 fully saturated rings. The standard InChI is InChI=1S/C28H22O2/c29-27(30)26(21-22-13-5-1-6-14-22)28(23-15-7-2-8-16-23,24-17-9-3-10-18-24)25-19-11-4-12-20-25/h1-21H,(H,29,30). The van der Waals surface area contributed by atoms with Crippen molar-refractivity contribution in [3.8, 4) is 0 Å². The summed E-state index contributed by atoms with van der Waals surface area (Å²) in [6.07, 6.45) is 1.79. The highest BCUT2D eigenvalue weighted by Crippen LogP contribution is 2.46. The van der Waals surface area contributed by atoms with E-state index in [-0.39, 0.29) is 0 Å². The van der Waals surface area contributed by atoms with Crippen LogP contribution in [0.3, 0.4) is 0 Å². The van der Waals surface area contributed by atoms with Crippen molar-refractivity contribution in [2.24, 2.45) is 0 Å². The highest BCUT2D eigenvalue weighted by atomic mass is 16.4. The van der Waals surface area contributed by atoms with Crippen LogP contribution in [-0.2, 0) is 10.2 Å². The fraction of sp³-hybridized carbons (Fsp3) is 0.0357. The van der Waals surface area contributed by atoms with Crippen LogP contribution in [0.1, 0.15) is 22.3 Å². The van der Waals surface area contributed by atoms with Crippen LogP contribution < -0.4 is 0 Å². The number of hydrogen-bond acceptors (Lipinski definition) is 1. The van der Waals surface area contributed by atoms with Crippen LogP contribution in [0.4, 0.5) is 0 Å². The molecule has 146 valence electrons. The zero-order valence-electron chi connectivity index (χ0n) is 16.5. The first-order valence-electron chi connectivity index (χ1n) is 9.90. The molecule has 2 nitrogen and oxygen atoms in total. The van der Waals surface area contributed by atoms with Crippen molar-refractivity contribution in [2.75, 3.05) is 0 Å². The average Bonchev–Trinajstić information content (AvgIpc) is 2.82. The first-order valence-corrected chi connectivity index (χ1v) is 9.90. The van der Waals surface area contributed by atoms with Crippen molar-refractivity contribution >= 4 is 12.0 Å². The maximum atomic E-state index is 12.8. The van der Waals surface area contributed by atoms with Gasteiger partial charge in [-0.3, -0.25) is 0 Å². The molecule has 0 bridgehead atoms. The van der Waals surface area contributed by atoms with Gasteiger partial charge in [0.15, 0.2) is 0 Å². The second-order valence-corrected chi connectivity index (χ2v) is 7.12. The van der Waals surface area contributed by atoms with Crippen molar-refractivity contribution < 1.29 is 9.90 Å². The van der Waals surface area contributed by atoms with Gasteiger partial charge in [-0.15, -0.1) is 0 Å². The molecule has 4 rings (SSSR count). The minimum atomic E-state index is -0.967. The Labute approximate surface area is 176 Å². The summed E-state index contributed by atoms with van der Waals surface area (Å²) in [5.74, 6) is -0.949. The zero-order chi connectivity index (χ0) is 20.8. The van der Waals surface area contributed by atoms with Gasteiger partial charge >= 0.3 is 5.97 Å². The van der Waals surface area contributed by atoms with Crippen molar-refractivity contribution in [2.45, 2.75) is 5.41 Å². The lowest BCUT2D eigenvalue weighted by Gasteiger charge is -2.36. The SMILES string of the molecule is O=C(O)C(=Cc1ccccc1)C(c1ccccc1)(c1ccccc1)c1ccccc1. The molecule has 0 saturated carbocycles. The van der Waals surface area contributed by atoms with E-state index in [1.54, 1.807) is 6.08 Å². The van der Waals surface area contributed by atoms with Crippen LogP contribution in [-0.4, -0.2) is 11.1 Å². The number of carboxylic acids is 1. The van der Waals surface area contributed by atoms with E-state index in [9.17, 15) is 9.90 Å². The summed E-state index contributed by atoms with van der Waals surface area (Å²) in [7, 11) is 0. The Balaban J connectivity index is 2.14. The number of carbonyl (C=O) groups is 1. The smallest absolute Gasteiger partial charge is 0.333 e. The second-order valence-electron chi connectivity index (χ2n) is 7.12. The quantitative estimate of drug-likeness (QED) is 0.315. The van der Waals surface area contributed by atoms with E-state index in [0.717, 1.165) is 22.3 Å². The molecular weight excluding hydrogens is 368 g/mol. The number of rotatable bonds is 6. The fourth-order valence-electron chi connectivity index (χ4n) is 4.08. The molecule has 0 heterocycles. The Morgan fingerprint density at radius 3 is 1.23 bits per heavy atom. The Bertz CT molecular complexity index is 1040. The van der Waals surface area contributed by atoms with Crippen molar-refractivity contribution in [3.63, 3.8) is 0 Å². The number of hydrogen-bond donors (Lipinski definition) is 1. The third-order valence-corrected chi connectivity index (χ3v) is 5.37. The summed E-state index contributed by atoms with van der Waals surface area (Å²) in [4.78, 5) is 12.8. The summed E-state index contributed by atoms with van der Waals surface area (Å²) in [6, 6.07) is 39.2. The molecule has 0 aromatic heterocycles. The topological polar surface area (TPSA) is 37.3 Å². The van der Waals surface area contributed by atoms with Gasteiger partial charge in [0.25, 0.3) is 0 Å². The summed E-state index contributed by atoms with van der Waals surface area (Å²) in [6.45, 7) is 0. The molecule has 2 heteroatoms. The summed E-state index contributed by atoms with van der Waals surface area (Å²) in [5, 5.41) is 10.5. The Hall–Kier alpha value is -3.91. The number of aliphatic carboxylic acids is 1. The van der Waals surface area contributed by atoms with Crippen LogP contribution in [0, 0.1) is 0 Å². The highest BCUT2D eigenvalue weighted by Gasteiger charge is 2.43. The van der Waals surface area contributed by atoms with Gasteiger partial charge in [0.1, 0.15) is 0 Å². The van der Waals surface area contributed by atoms with E-state index in [1.807, 2.05) is 121 Å². The molecule has 0 atom stereocenters. The van der Waals surface area contributed by atoms with E-state index < -0.39 is 11.4 Å². The molecule has 4 aromatic carbocycles. The molecule has 0 radical (unpaired) electrons. The van der Waals surface area contributed by atoms with Gasteiger partial charge in [-0.2, -0.15) is 0 Å². The minimum Gasteiger partial charge on any atom is -0.478 e. The molecular formula is C28H22O2. The Morgan fingerprint density at radius 2 is 0.900 bits per heavy atom. The van der Waals surface area contributed by atoms with Crippen LogP contribution in [0.25, 0.3) is 6.08 Å². The Kier molecular flexibility index (Phi) is 5.58. The largest absolute Gasteiger partial charge is 0.478 e. The maximum absolute atomic E-state index is 12.8. The molecule has 0 spiro atoms. The van der Waals surface area contributed by atoms with Crippen LogP contribution in [0.15, 0.2) is 127 Å². The molecule has 0 aliphatic rings. The van der Waals surface area contributed by atoms with E-state index >= 15 is 0 Å². The van der Waals surface area contributed by atoms with E-state index in [4.69, 9.17) is 0 Å². The average molecular weight is 390 g/mol. The third-order valence-electron chi connectivity index (χ3n) is 5.37. The van der Waals surface area contributed by atoms with Gasteiger partial charge in [0.2, 0.25) is 0 Å². The van der Waals surface area contributed by atoms with Crippen LogP contribution >= 0.6 is 0 Å². The Morgan fingerprint density at radius 1 is 0.567 bits per heavy atom. The van der Waals surface area contributed by atoms with Gasteiger partial charge in [-0.25, -0.2) is 4.79 Å². The van der Waals surface area contributed by atoms with Gasteiger partial charge in [-0.1, -0.05) is 121 Å². The molecule has 0 saturated heterocycles. The molecule has 4 aromatic rings. The van der Waals surface area contributed by atoms with Gasteiger partial charge < -0.3 is 5.11 Å². The third kappa shape index (κ3) is 3.56. The lowest BCUT2D eigenvalue weighted by Crippen LogP contribution is -2.35. The van der Waals surface area contributed by atoms with E-state index in [1.165, 1.54) is 0 Å². The fourth-order valence-corrected chi connectivity index (χ4v) is 4.08. The zero-order valence-corrected chi connectivity index (χ0v) is 16.5. The van der Waals surface area contributed by atoms with E-state index in [2.05, 4.69) is 0 Å². The molecule has 0 unspecified atom stereocenters. The van der Waals surface area contributed by atoms with Gasteiger partial charge in [0.05, 0.1) is 11.0 Å².